The molecule has 0 radical (unpaired) electrons. The Morgan fingerprint density at radius 1 is 1.15 bits per heavy atom. The van der Waals surface area contributed by atoms with Crippen LogP contribution in [0.1, 0.15) is 11.1 Å². The zero-order chi connectivity index (χ0) is 9.84. The van der Waals surface area contributed by atoms with E-state index in [9.17, 15) is 8.78 Å². The molecule has 0 aliphatic rings. The van der Waals surface area contributed by atoms with Gasteiger partial charge in [0.05, 0.1) is 6.61 Å². The van der Waals surface area contributed by atoms with Crippen LogP contribution in [0.25, 0.3) is 0 Å². The predicted molar refractivity (Wildman–Crippen MR) is 43.1 cm³/mol. The normalized spacial score (nSPS) is 10.5. The number of hydrogen-bond acceptors (Lipinski definition) is 2. The molecule has 0 aliphatic heterocycles. The first kappa shape index (κ1) is 10.1. The average molecular weight is 188 g/mol. The second kappa shape index (κ2) is 4.30. The second-order valence-corrected chi connectivity index (χ2v) is 2.63. The molecule has 0 saturated heterocycles. The van der Waals surface area contributed by atoms with E-state index >= 15 is 0 Å². The minimum atomic E-state index is -0.986. The topological polar surface area (TPSA) is 40.5 Å². The Balaban J connectivity index is 3.15. The van der Waals surface area contributed by atoms with E-state index in [2.05, 4.69) is 0 Å². The lowest BCUT2D eigenvalue weighted by atomic mass is 10.0. The summed E-state index contributed by atoms with van der Waals surface area (Å²) in [5.74, 6) is -1.94. The molecule has 0 saturated carbocycles. The van der Waals surface area contributed by atoms with Gasteiger partial charge in [-0.2, -0.15) is 0 Å². The third-order valence-corrected chi connectivity index (χ3v) is 1.83. The van der Waals surface area contributed by atoms with Crippen molar-refractivity contribution in [1.82, 2.24) is 0 Å². The van der Waals surface area contributed by atoms with Gasteiger partial charge in [-0.15, -0.1) is 0 Å². The van der Waals surface area contributed by atoms with Crippen LogP contribution < -0.4 is 0 Å². The van der Waals surface area contributed by atoms with E-state index in [1.807, 2.05) is 0 Å². The molecule has 1 aromatic rings. The summed E-state index contributed by atoms with van der Waals surface area (Å²) in [6.45, 7) is -0.625. The summed E-state index contributed by atoms with van der Waals surface area (Å²) in [4.78, 5) is 0. The summed E-state index contributed by atoms with van der Waals surface area (Å²) in [5, 5.41) is 17.4. The fourth-order valence-corrected chi connectivity index (χ4v) is 1.16. The molecule has 1 aromatic carbocycles. The molecule has 2 nitrogen and oxygen atoms in total. The fourth-order valence-electron chi connectivity index (χ4n) is 1.16. The van der Waals surface area contributed by atoms with E-state index in [0.717, 1.165) is 6.07 Å². The highest BCUT2D eigenvalue weighted by atomic mass is 19.2. The molecule has 0 spiro atoms. The maximum absolute atomic E-state index is 13.0. The SMILES string of the molecule is OCCc1c(CO)ccc(F)c1F. The Bertz CT molecular complexity index is 300. The van der Waals surface area contributed by atoms with Crippen molar-refractivity contribution in [3.63, 3.8) is 0 Å². The summed E-state index contributed by atoms with van der Waals surface area (Å²) >= 11 is 0. The first-order valence-electron chi connectivity index (χ1n) is 3.88. The summed E-state index contributed by atoms with van der Waals surface area (Å²) in [5.41, 5.74) is 0.359. The average Bonchev–Trinajstić information content (AvgIpc) is 2.14. The Morgan fingerprint density at radius 3 is 2.38 bits per heavy atom. The van der Waals surface area contributed by atoms with Gasteiger partial charge < -0.3 is 10.2 Å². The van der Waals surface area contributed by atoms with Crippen molar-refractivity contribution >= 4 is 0 Å². The van der Waals surface area contributed by atoms with Crippen molar-refractivity contribution in [1.29, 1.82) is 0 Å². The Kier molecular flexibility index (Phi) is 3.33. The number of rotatable bonds is 3. The highest BCUT2D eigenvalue weighted by Gasteiger charge is 2.11. The predicted octanol–water partition coefficient (Wildman–Crippen LogP) is 0.992. The maximum Gasteiger partial charge on any atom is 0.162 e. The smallest absolute Gasteiger partial charge is 0.162 e. The third-order valence-electron chi connectivity index (χ3n) is 1.83. The lowest BCUT2D eigenvalue weighted by Crippen LogP contribution is -2.03. The monoisotopic (exact) mass is 188 g/mol. The molecule has 0 aliphatic carbocycles. The van der Waals surface area contributed by atoms with E-state index < -0.39 is 11.6 Å². The number of hydrogen-bond donors (Lipinski definition) is 2. The highest BCUT2D eigenvalue weighted by Crippen LogP contribution is 2.17. The Labute approximate surface area is 74.4 Å². The first-order chi connectivity index (χ1) is 6.20. The zero-order valence-corrected chi connectivity index (χ0v) is 6.93. The Hall–Kier alpha value is -1.00. The van der Waals surface area contributed by atoms with Gasteiger partial charge in [0.15, 0.2) is 11.6 Å². The van der Waals surface area contributed by atoms with Crippen molar-refractivity contribution in [2.24, 2.45) is 0 Å². The van der Waals surface area contributed by atoms with Gasteiger partial charge >= 0.3 is 0 Å². The van der Waals surface area contributed by atoms with Crippen LogP contribution in [-0.2, 0) is 13.0 Å². The zero-order valence-electron chi connectivity index (χ0n) is 6.93. The van der Waals surface area contributed by atoms with Crippen LogP contribution in [0.2, 0.25) is 0 Å². The van der Waals surface area contributed by atoms with Crippen LogP contribution in [0, 0.1) is 11.6 Å². The van der Waals surface area contributed by atoms with Gasteiger partial charge in [-0.05, 0) is 23.6 Å². The van der Waals surface area contributed by atoms with Gasteiger partial charge in [-0.3, -0.25) is 0 Å². The third kappa shape index (κ3) is 2.02. The van der Waals surface area contributed by atoms with Crippen molar-refractivity contribution in [3.05, 3.63) is 34.9 Å². The van der Waals surface area contributed by atoms with E-state index in [4.69, 9.17) is 10.2 Å². The molecule has 13 heavy (non-hydrogen) atoms. The largest absolute Gasteiger partial charge is 0.396 e. The number of benzene rings is 1. The summed E-state index contributed by atoms with van der Waals surface area (Å²) in [6.07, 6.45) is 0.0134. The van der Waals surface area contributed by atoms with Crippen LogP contribution >= 0.6 is 0 Å². The van der Waals surface area contributed by atoms with Crippen LogP contribution in [0.4, 0.5) is 8.78 Å². The number of aliphatic hydroxyl groups is 2. The maximum atomic E-state index is 13.0. The molecule has 0 fully saturated rings. The molecule has 1 rings (SSSR count). The van der Waals surface area contributed by atoms with Crippen molar-refractivity contribution in [2.75, 3.05) is 6.61 Å². The standard InChI is InChI=1S/C9H10F2O2/c10-8-2-1-6(5-13)7(3-4-12)9(8)11/h1-2,12-13H,3-5H2. The molecular weight excluding hydrogens is 178 g/mol. The molecule has 4 heteroatoms. The van der Waals surface area contributed by atoms with Crippen molar-refractivity contribution in [3.8, 4) is 0 Å². The van der Waals surface area contributed by atoms with Gasteiger partial charge in [0.25, 0.3) is 0 Å². The van der Waals surface area contributed by atoms with E-state index in [1.165, 1.54) is 6.07 Å². The van der Waals surface area contributed by atoms with Crippen LogP contribution in [0.15, 0.2) is 12.1 Å². The quantitative estimate of drug-likeness (QED) is 0.742. The van der Waals surface area contributed by atoms with Gasteiger partial charge in [0.2, 0.25) is 0 Å². The fraction of sp³-hybridized carbons (Fsp3) is 0.333. The summed E-state index contributed by atoms with van der Waals surface area (Å²) in [6, 6.07) is 2.27. The van der Waals surface area contributed by atoms with Crippen LogP contribution in [0.5, 0.6) is 0 Å². The molecular formula is C9H10F2O2. The minimum absolute atomic E-state index is 0.0134. The molecule has 0 bridgehead atoms. The number of aliphatic hydroxyl groups excluding tert-OH is 2. The van der Waals surface area contributed by atoms with Crippen molar-refractivity contribution < 1.29 is 19.0 Å². The van der Waals surface area contributed by atoms with Crippen molar-refractivity contribution in [2.45, 2.75) is 13.0 Å². The number of halogens is 2. The first-order valence-corrected chi connectivity index (χ1v) is 3.88. The molecule has 72 valence electrons. The Morgan fingerprint density at radius 2 is 1.85 bits per heavy atom. The van der Waals surface area contributed by atoms with E-state index in [1.54, 1.807) is 0 Å². The molecule has 2 N–H and O–H groups in total. The highest BCUT2D eigenvalue weighted by molar-refractivity contribution is 5.29. The molecule has 0 atom stereocenters. The van der Waals surface area contributed by atoms with Gasteiger partial charge in [-0.25, -0.2) is 8.78 Å². The van der Waals surface area contributed by atoms with Gasteiger partial charge in [-0.1, -0.05) is 6.07 Å². The second-order valence-electron chi connectivity index (χ2n) is 2.63. The lowest BCUT2D eigenvalue weighted by molar-refractivity contribution is 0.273. The van der Waals surface area contributed by atoms with Gasteiger partial charge in [0.1, 0.15) is 0 Å². The summed E-state index contributed by atoms with van der Waals surface area (Å²) < 4.78 is 25.7. The summed E-state index contributed by atoms with van der Waals surface area (Å²) in [7, 11) is 0. The van der Waals surface area contributed by atoms with Crippen LogP contribution in [-0.4, -0.2) is 16.8 Å². The molecule has 0 unspecified atom stereocenters. The molecule has 0 aromatic heterocycles. The van der Waals surface area contributed by atoms with Gasteiger partial charge in [0, 0.05) is 6.61 Å². The molecule has 0 amide bonds. The van der Waals surface area contributed by atoms with E-state index in [-0.39, 0.29) is 25.2 Å². The lowest BCUT2D eigenvalue weighted by Gasteiger charge is -2.07. The minimum Gasteiger partial charge on any atom is -0.396 e. The molecule has 0 heterocycles. The van der Waals surface area contributed by atoms with E-state index in [0.29, 0.717) is 5.56 Å². The van der Waals surface area contributed by atoms with Crippen LogP contribution in [0.3, 0.4) is 0 Å².